The largest absolute Gasteiger partial charge is 0.381 e. The topological polar surface area (TPSA) is 49.3 Å². The molecule has 0 aromatic heterocycles. The van der Waals surface area contributed by atoms with E-state index in [1.54, 1.807) is 0 Å². The van der Waals surface area contributed by atoms with Gasteiger partial charge in [-0.25, -0.2) is 0 Å². The van der Waals surface area contributed by atoms with E-state index >= 15 is 0 Å². The molecule has 7 heteroatoms. The Balaban J connectivity index is 0.00000392. The molecule has 2 aliphatic rings. The quantitative estimate of drug-likeness (QED) is 0.189. The van der Waals surface area contributed by atoms with Gasteiger partial charge in [-0.05, 0) is 19.3 Å². The highest BCUT2D eigenvalue weighted by Gasteiger charge is 2.30. The number of aliphatic imine (C=N–C) groups is 1. The molecule has 2 heterocycles. The van der Waals surface area contributed by atoms with E-state index in [1.165, 1.54) is 44.9 Å². The van der Waals surface area contributed by atoms with Crippen molar-refractivity contribution < 1.29 is 9.47 Å². The summed E-state index contributed by atoms with van der Waals surface area (Å²) in [6.07, 6.45) is 10.2. The lowest BCUT2D eigenvalue weighted by Crippen LogP contribution is -2.46. The molecule has 6 nitrogen and oxygen atoms in total. The fraction of sp³-hybridized carbons (Fsp3) is 0.952. The summed E-state index contributed by atoms with van der Waals surface area (Å²) in [5.41, 5.74) is 0. The Labute approximate surface area is 189 Å². The second-order valence-corrected chi connectivity index (χ2v) is 7.74. The Hall–Kier alpha value is -0.120. The first-order chi connectivity index (χ1) is 13.3. The predicted octanol–water partition coefficient (Wildman–Crippen LogP) is 3.35. The van der Waals surface area contributed by atoms with Crippen molar-refractivity contribution >= 4 is 29.9 Å². The molecule has 2 fully saturated rings. The molecule has 0 aliphatic carbocycles. The lowest BCUT2D eigenvalue weighted by molar-refractivity contribution is 0.0195. The van der Waals surface area contributed by atoms with Crippen molar-refractivity contribution in [2.75, 3.05) is 66.2 Å². The van der Waals surface area contributed by atoms with Gasteiger partial charge in [0.05, 0.1) is 13.2 Å². The number of nitrogens with one attached hydrogen (secondary N) is 1. The van der Waals surface area contributed by atoms with Gasteiger partial charge in [0.15, 0.2) is 5.96 Å². The summed E-state index contributed by atoms with van der Waals surface area (Å²) < 4.78 is 11.2. The summed E-state index contributed by atoms with van der Waals surface area (Å²) in [6, 6.07) is 0.646. The fourth-order valence-electron chi connectivity index (χ4n) is 3.97. The Morgan fingerprint density at radius 2 is 1.75 bits per heavy atom. The van der Waals surface area contributed by atoms with E-state index in [0.29, 0.717) is 6.04 Å². The number of hydrogen-bond donors (Lipinski definition) is 1. The van der Waals surface area contributed by atoms with Gasteiger partial charge in [0, 0.05) is 59.0 Å². The number of morpholine rings is 1. The summed E-state index contributed by atoms with van der Waals surface area (Å²) in [4.78, 5) is 9.46. The van der Waals surface area contributed by atoms with E-state index in [-0.39, 0.29) is 24.0 Å². The highest BCUT2D eigenvalue weighted by molar-refractivity contribution is 14.0. The number of ether oxygens (including phenoxy) is 2. The molecule has 2 aliphatic heterocycles. The first-order valence-electron chi connectivity index (χ1n) is 11.2. The third kappa shape index (κ3) is 10.1. The molecule has 1 unspecified atom stereocenters. The van der Waals surface area contributed by atoms with Crippen molar-refractivity contribution in [3.8, 4) is 0 Å². The van der Waals surface area contributed by atoms with Crippen molar-refractivity contribution in [2.45, 2.75) is 64.3 Å². The minimum Gasteiger partial charge on any atom is -0.381 e. The molecular formula is C21H43IN4O2. The highest BCUT2D eigenvalue weighted by atomic mass is 127. The van der Waals surface area contributed by atoms with E-state index < -0.39 is 0 Å². The molecule has 1 N–H and O–H groups in total. The van der Waals surface area contributed by atoms with Crippen LogP contribution < -0.4 is 5.32 Å². The van der Waals surface area contributed by atoms with Crippen LogP contribution in [0.4, 0.5) is 0 Å². The van der Waals surface area contributed by atoms with Crippen LogP contribution in [0.15, 0.2) is 4.99 Å². The number of unbranched alkanes of at least 4 members (excludes halogenated alkanes) is 5. The minimum absolute atomic E-state index is 0. The lowest BCUT2D eigenvalue weighted by Gasteiger charge is -2.32. The highest BCUT2D eigenvalue weighted by Crippen LogP contribution is 2.17. The van der Waals surface area contributed by atoms with Gasteiger partial charge in [-0.1, -0.05) is 39.0 Å². The normalized spacial score (nSPS) is 21.0. The van der Waals surface area contributed by atoms with Crippen LogP contribution in [0, 0.1) is 0 Å². The zero-order chi connectivity index (χ0) is 19.2. The standard InChI is InChI=1S/C21H42N4O2.HI/c1-3-4-5-6-7-8-15-26-16-9-11-23-21(22-2)25-12-10-20(19-25)24-13-17-27-18-14-24;/h20H,3-19H2,1-2H3,(H,22,23);1H. The third-order valence-electron chi connectivity index (χ3n) is 5.63. The Morgan fingerprint density at radius 1 is 1.04 bits per heavy atom. The van der Waals surface area contributed by atoms with Crippen LogP contribution >= 0.6 is 24.0 Å². The monoisotopic (exact) mass is 510 g/mol. The summed E-state index contributed by atoms with van der Waals surface area (Å²) in [6.45, 7) is 11.0. The molecule has 0 spiro atoms. The van der Waals surface area contributed by atoms with E-state index in [9.17, 15) is 0 Å². The van der Waals surface area contributed by atoms with Crippen molar-refractivity contribution in [3.63, 3.8) is 0 Å². The van der Waals surface area contributed by atoms with E-state index in [2.05, 4.69) is 27.0 Å². The molecule has 0 saturated carbocycles. The van der Waals surface area contributed by atoms with Crippen molar-refractivity contribution in [3.05, 3.63) is 0 Å². The molecule has 1 atom stereocenters. The number of hydrogen-bond acceptors (Lipinski definition) is 4. The first-order valence-corrected chi connectivity index (χ1v) is 11.2. The maximum absolute atomic E-state index is 5.77. The molecule has 2 rings (SSSR count). The van der Waals surface area contributed by atoms with Crippen LogP contribution in [0.5, 0.6) is 0 Å². The SMILES string of the molecule is CCCCCCCCOCCCNC(=NC)N1CCC(N2CCOCC2)C1.I. The Bertz CT molecular complexity index is 406. The van der Waals surface area contributed by atoms with Crippen molar-refractivity contribution in [1.29, 1.82) is 0 Å². The average Bonchev–Trinajstić information content (AvgIpc) is 3.20. The van der Waals surface area contributed by atoms with Crippen LogP contribution in [0.1, 0.15) is 58.3 Å². The third-order valence-corrected chi connectivity index (χ3v) is 5.63. The predicted molar refractivity (Wildman–Crippen MR) is 128 cm³/mol. The maximum atomic E-state index is 5.77. The number of halogens is 1. The molecule has 28 heavy (non-hydrogen) atoms. The van der Waals surface area contributed by atoms with Gasteiger partial charge in [-0.15, -0.1) is 24.0 Å². The van der Waals surface area contributed by atoms with E-state index in [0.717, 1.165) is 71.5 Å². The van der Waals surface area contributed by atoms with Gasteiger partial charge >= 0.3 is 0 Å². The van der Waals surface area contributed by atoms with Crippen LogP contribution in [0.25, 0.3) is 0 Å². The van der Waals surface area contributed by atoms with Gasteiger partial charge in [0.25, 0.3) is 0 Å². The van der Waals surface area contributed by atoms with Gasteiger partial charge < -0.3 is 19.7 Å². The van der Waals surface area contributed by atoms with Gasteiger partial charge in [0.1, 0.15) is 0 Å². The maximum Gasteiger partial charge on any atom is 0.193 e. The fourth-order valence-corrected chi connectivity index (χ4v) is 3.97. The molecule has 0 amide bonds. The second-order valence-electron chi connectivity index (χ2n) is 7.74. The van der Waals surface area contributed by atoms with Crippen LogP contribution in [-0.2, 0) is 9.47 Å². The number of guanidine groups is 1. The van der Waals surface area contributed by atoms with Gasteiger partial charge in [-0.2, -0.15) is 0 Å². The number of likely N-dealkylation sites (tertiary alicyclic amines) is 1. The molecule has 2 saturated heterocycles. The number of nitrogens with zero attached hydrogens (tertiary/aromatic N) is 3. The van der Waals surface area contributed by atoms with Crippen LogP contribution in [0.3, 0.4) is 0 Å². The molecule has 0 aromatic carbocycles. The Kier molecular flexibility index (Phi) is 15.4. The van der Waals surface area contributed by atoms with Crippen molar-refractivity contribution in [1.82, 2.24) is 15.1 Å². The molecular weight excluding hydrogens is 467 g/mol. The molecule has 0 aromatic rings. The van der Waals surface area contributed by atoms with Crippen LogP contribution in [0.2, 0.25) is 0 Å². The van der Waals surface area contributed by atoms with Crippen LogP contribution in [-0.4, -0.2) is 88.0 Å². The average molecular weight is 511 g/mol. The molecule has 0 bridgehead atoms. The lowest BCUT2D eigenvalue weighted by atomic mass is 10.1. The Morgan fingerprint density at radius 3 is 2.50 bits per heavy atom. The summed E-state index contributed by atoms with van der Waals surface area (Å²) in [7, 11) is 1.89. The van der Waals surface area contributed by atoms with Gasteiger partial charge in [-0.3, -0.25) is 9.89 Å². The van der Waals surface area contributed by atoms with E-state index in [1.807, 2.05) is 7.05 Å². The second kappa shape index (κ2) is 16.7. The summed E-state index contributed by atoms with van der Waals surface area (Å²) in [5.74, 6) is 1.04. The van der Waals surface area contributed by atoms with Gasteiger partial charge in [0.2, 0.25) is 0 Å². The van der Waals surface area contributed by atoms with E-state index in [4.69, 9.17) is 9.47 Å². The smallest absolute Gasteiger partial charge is 0.193 e. The van der Waals surface area contributed by atoms with Crippen molar-refractivity contribution in [2.24, 2.45) is 4.99 Å². The zero-order valence-electron chi connectivity index (χ0n) is 18.2. The summed E-state index contributed by atoms with van der Waals surface area (Å²) >= 11 is 0. The molecule has 166 valence electrons. The minimum atomic E-state index is 0. The number of rotatable bonds is 12. The summed E-state index contributed by atoms with van der Waals surface area (Å²) in [5, 5.41) is 3.51. The first kappa shape index (κ1) is 25.9. The molecule has 0 radical (unpaired) electrons. The zero-order valence-corrected chi connectivity index (χ0v) is 20.5.